The van der Waals surface area contributed by atoms with Gasteiger partial charge in [0.05, 0.1) is 11.0 Å². The number of benzene rings is 7. The molecule has 0 saturated heterocycles. The average molecular weight is 628 g/mol. The van der Waals surface area contributed by atoms with Crippen LogP contribution >= 0.6 is 0 Å². The highest BCUT2D eigenvalue weighted by Gasteiger charge is 2.21. The largest absolute Gasteiger partial charge is 0.380 e. The van der Waals surface area contributed by atoms with Gasteiger partial charge in [-0.25, -0.2) is 15.0 Å². The number of nitrogens with zero attached hydrogens (tertiary/aromatic N) is 4. The summed E-state index contributed by atoms with van der Waals surface area (Å²) in [7, 11) is 0. The maximum absolute atomic E-state index is 5.22. The third-order valence-electron chi connectivity index (χ3n) is 9.67. The Labute approximate surface area is 283 Å². The highest BCUT2D eigenvalue weighted by Crippen LogP contribution is 2.43. The normalized spacial score (nSPS) is 12.2. The Hall–Kier alpha value is -6.59. The molecule has 1 aliphatic rings. The lowest BCUT2D eigenvalue weighted by Crippen LogP contribution is -2.08. The number of nitrogens with one attached hydrogen (secondary N) is 1. The fourth-order valence-corrected chi connectivity index (χ4v) is 7.41. The number of hydrogen-bond acceptors (Lipinski definition) is 4. The number of para-hydroxylation sites is 2. The van der Waals surface area contributed by atoms with Gasteiger partial charge in [0, 0.05) is 50.9 Å². The fourth-order valence-electron chi connectivity index (χ4n) is 7.41. The van der Waals surface area contributed by atoms with Crippen molar-refractivity contribution in [3.63, 3.8) is 0 Å². The molecule has 1 N–H and O–H groups in total. The molecule has 0 radical (unpaired) electrons. The van der Waals surface area contributed by atoms with Crippen LogP contribution in [0.1, 0.15) is 5.56 Å². The van der Waals surface area contributed by atoms with E-state index < -0.39 is 0 Å². The number of anilines is 1. The minimum atomic E-state index is 0.637. The second-order valence-electron chi connectivity index (χ2n) is 12.5. The first-order valence-corrected chi connectivity index (χ1v) is 16.6. The topological polar surface area (TPSA) is 55.6 Å². The molecule has 0 bridgehead atoms. The van der Waals surface area contributed by atoms with Crippen LogP contribution in [0, 0.1) is 0 Å². The van der Waals surface area contributed by atoms with Gasteiger partial charge in [-0.05, 0) is 52.2 Å². The summed E-state index contributed by atoms with van der Waals surface area (Å²) in [5, 5.41) is 8.31. The zero-order valence-corrected chi connectivity index (χ0v) is 26.5. The Morgan fingerprint density at radius 3 is 1.98 bits per heavy atom. The molecule has 0 spiro atoms. The number of aromatic nitrogens is 4. The lowest BCUT2D eigenvalue weighted by molar-refractivity contribution is 1.08. The van der Waals surface area contributed by atoms with Crippen LogP contribution in [-0.4, -0.2) is 19.5 Å². The minimum Gasteiger partial charge on any atom is -0.380 e. The summed E-state index contributed by atoms with van der Waals surface area (Å²) in [6.45, 7) is 0.819. The molecule has 2 aromatic heterocycles. The van der Waals surface area contributed by atoms with Gasteiger partial charge < -0.3 is 9.88 Å². The van der Waals surface area contributed by atoms with Gasteiger partial charge >= 0.3 is 0 Å². The third-order valence-corrected chi connectivity index (χ3v) is 9.67. The van der Waals surface area contributed by atoms with Crippen LogP contribution < -0.4 is 5.32 Å². The van der Waals surface area contributed by atoms with E-state index in [-0.39, 0.29) is 0 Å². The molecule has 0 saturated carbocycles. The van der Waals surface area contributed by atoms with Gasteiger partial charge in [-0.15, -0.1) is 0 Å². The molecule has 1 aliphatic heterocycles. The van der Waals surface area contributed by atoms with Crippen molar-refractivity contribution in [2.45, 2.75) is 6.54 Å². The zero-order valence-electron chi connectivity index (χ0n) is 26.5. The van der Waals surface area contributed by atoms with E-state index in [1.807, 2.05) is 18.2 Å². The van der Waals surface area contributed by atoms with Crippen molar-refractivity contribution in [3.05, 3.63) is 163 Å². The highest BCUT2D eigenvalue weighted by molar-refractivity contribution is 6.11. The molecule has 0 fully saturated rings. The van der Waals surface area contributed by atoms with Crippen molar-refractivity contribution < 1.29 is 0 Å². The Balaban J connectivity index is 1.21. The van der Waals surface area contributed by atoms with Gasteiger partial charge in [0.25, 0.3) is 0 Å². The van der Waals surface area contributed by atoms with E-state index in [9.17, 15) is 0 Å². The van der Waals surface area contributed by atoms with Gasteiger partial charge in [0.2, 0.25) is 0 Å². The standard InChI is InChI=1S/C44H29N5/c1-3-12-28(13-4-1)42-46-43(29-22-23-35-34-18-9-10-21-39(34)49(40(35)26-29)31-15-5-2-6-16-31)48-44(47-42)37-20-11-19-36-33(37)24-25-38-41(36)32-17-8-7-14-30(32)27-45-38/h1-26,45H,27H2. The van der Waals surface area contributed by atoms with Crippen LogP contribution in [0.2, 0.25) is 0 Å². The summed E-state index contributed by atoms with van der Waals surface area (Å²) in [5.41, 5.74) is 11.2. The smallest absolute Gasteiger partial charge is 0.164 e. The Kier molecular flexibility index (Phi) is 6.18. The van der Waals surface area contributed by atoms with E-state index in [1.54, 1.807) is 0 Å². The summed E-state index contributed by atoms with van der Waals surface area (Å²) in [4.78, 5) is 15.4. The molecule has 49 heavy (non-hydrogen) atoms. The van der Waals surface area contributed by atoms with E-state index in [0.717, 1.165) is 51.0 Å². The molecular weight excluding hydrogens is 599 g/mol. The molecule has 230 valence electrons. The molecule has 9 aromatic rings. The first-order valence-electron chi connectivity index (χ1n) is 16.6. The summed E-state index contributed by atoms with van der Waals surface area (Å²) >= 11 is 0. The number of hydrogen-bond donors (Lipinski definition) is 1. The maximum Gasteiger partial charge on any atom is 0.164 e. The summed E-state index contributed by atoms with van der Waals surface area (Å²) in [6.07, 6.45) is 0. The van der Waals surface area contributed by atoms with E-state index >= 15 is 0 Å². The molecule has 5 heteroatoms. The van der Waals surface area contributed by atoms with E-state index in [0.29, 0.717) is 17.5 Å². The van der Waals surface area contributed by atoms with Crippen molar-refractivity contribution >= 4 is 38.3 Å². The van der Waals surface area contributed by atoms with Crippen LogP contribution in [0.25, 0.3) is 83.6 Å². The number of rotatable bonds is 4. The molecule has 0 aliphatic carbocycles. The molecule has 0 atom stereocenters. The van der Waals surface area contributed by atoms with Gasteiger partial charge in [-0.3, -0.25) is 0 Å². The van der Waals surface area contributed by atoms with Gasteiger partial charge in [-0.2, -0.15) is 0 Å². The van der Waals surface area contributed by atoms with Crippen LogP contribution in [0.4, 0.5) is 5.69 Å². The maximum atomic E-state index is 5.22. The fraction of sp³-hybridized carbons (Fsp3) is 0.0227. The molecule has 7 aromatic carbocycles. The highest BCUT2D eigenvalue weighted by atomic mass is 15.0. The van der Waals surface area contributed by atoms with E-state index in [2.05, 4.69) is 149 Å². The van der Waals surface area contributed by atoms with Crippen molar-refractivity contribution in [2.24, 2.45) is 0 Å². The zero-order chi connectivity index (χ0) is 32.3. The molecule has 0 unspecified atom stereocenters. The van der Waals surface area contributed by atoms with Crippen LogP contribution in [0.5, 0.6) is 0 Å². The van der Waals surface area contributed by atoms with E-state index in [4.69, 9.17) is 15.0 Å². The van der Waals surface area contributed by atoms with Crippen molar-refractivity contribution in [1.29, 1.82) is 0 Å². The summed E-state index contributed by atoms with van der Waals surface area (Å²) in [6, 6.07) is 55.3. The Bertz CT molecular complexity index is 2710. The monoisotopic (exact) mass is 627 g/mol. The van der Waals surface area contributed by atoms with Crippen LogP contribution in [0.15, 0.2) is 158 Å². The summed E-state index contributed by atoms with van der Waals surface area (Å²) < 4.78 is 2.33. The Morgan fingerprint density at radius 1 is 0.449 bits per heavy atom. The van der Waals surface area contributed by atoms with Gasteiger partial charge in [-0.1, -0.05) is 127 Å². The molecule has 5 nitrogen and oxygen atoms in total. The first kappa shape index (κ1) is 27.5. The lowest BCUT2D eigenvalue weighted by Gasteiger charge is -2.23. The quantitative estimate of drug-likeness (QED) is 0.211. The second-order valence-corrected chi connectivity index (χ2v) is 12.5. The lowest BCUT2D eigenvalue weighted by atomic mass is 9.89. The number of fused-ring (bicyclic) bond motifs is 8. The van der Waals surface area contributed by atoms with Gasteiger partial charge in [0.15, 0.2) is 17.5 Å². The van der Waals surface area contributed by atoms with Crippen molar-refractivity contribution in [3.8, 4) is 51.0 Å². The van der Waals surface area contributed by atoms with Crippen molar-refractivity contribution in [1.82, 2.24) is 19.5 Å². The molecule has 0 amide bonds. The van der Waals surface area contributed by atoms with Crippen LogP contribution in [-0.2, 0) is 6.54 Å². The van der Waals surface area contributed by atoms with Gasteiger partial charge in [0.1, 0.15) is 0 Å². The summed E-state index contributed by atoms with van der Waals surface area (Å²) in [5.74, 6) is 1.93. The SMILES string of the molecule is c1ccc(-c2nc(-c3ccc4c5ccccc5n(-c5ccccc5)c4c3)nc(-c3cccc4c5c(ccc34)NCc3ccccc3-5)n2)cc1. The molecule has 10 rings (SSSR count). The first-order chi connectivity index (χ1) is 24.3. The Morgan fingerprint density at radius 2 is 1.10 bits per heavy atom. The third kappa shape index (κ3) is 4.44. The minimum absolute atomic E-state index is 0.637. The molecular formula is C44H29N5. The predicted octanol–water partition coefficient (Wildman–Crippen LogP) is 10.7. The average Bonchev–Trinajstić information content (AvgIpc) is 3.51. The van der Waals surface area contributed by atoms with E-state index in [1.165, 1.54) is 32.8 Å². The second kappa shape index (κ2) is 11.0. The molecule has 3 heterocycles. The van der Waals surface area contributed by atoms with Crippen molar-refractivity contribution in [2.75, 3.05) is 5.32 Å². The van der Waals surface area contributed by atoms with Crippen LogP contribution in [0.3, 0.4) is 0 Å². The predicted molar refractivity (Wildman–Crippen MR) is 201 cm³/mol.